The number of rotatable bonds is 5. The Hall–Kier alpha value is -1.44. The van der Waals surface area contributed by atoms with E-state index in [4.69, 9.17) is 4.74 Å². The van der Waals surface area contributed by atoms with Crippen LogP contribution in [0, 0.1) is 5.92 Å². The monoisotopic (exact) mass is 364 g/mol. The van der Waals surface area contributed by atoms with Gasteiger partial charge in [-0.15, -0.1) is 0 Å². The van der Waals surface area contributed by atoms with E-state index in [0.29, 0.717) is 25.5 Å². The lowest BCUT2D eigenvalue weighted by Gasteiger charge is -2.42. The van der Waals surface area contributed by atoms with Crippen molar-refractivity contribution in [2.75, 3.05) is 44.7 Å². The molecule has 1 saturated heterocycles. The molecule has 0 bridgehead atoms. The highest BCUT2D eigenvalue weighted by Crippen LogP contribution is 2.32. The molecule has 1 saturated carbocycles. The Bertz CT molecular complexity index is 654. The third-order valence-corrected chi connectivity index (χ3v) is 5.78. The van der Waals surface area contributed by atoms with Gasteiger partial charge in [0.15, 0.2) is 5.82 Å². The molecule has 7 nitrogen and oxygen atoms in total. The molecule has 3 rings (SSSR count). The normalized spacial score (nSPS) is 30.3. The van der Waals surface area contributed by atoms with Crippen LogP contribution in [0.1, 0.15) is 32.6 Å². The molecule has 0 aromatic carbocycles. The zero-order valence-corrected chi connectivity index (χ0v) is 16.2. The Morgan fingerprint density at radius 1 is 1.42 bits per heavy atom. The molecule has 2 aliphatic rings. The third-order valence-electron chi connectivity index (χ3n) is 5.78. The molecule has 7 heteroatoms. The highest BCUT2D eigenvalue weighted by atomic mass is 16.5. The Morgan fingerprint density at radius 3 is 2.88 bits per heavy atom. The molecule has 1 atom stereocenters. The Labute approximate surface area is 155 Å². The zero-order chi connectivity index (χ0) is 18.7. The maximum absolute atomic E-state index is 12.2. The summed E-state index contributed by atoms with van der Waals surface area (Å²) < 4.78 is 7.44. The van der Waals surface area contributed by atoms with Crippen molar-refractivity contribution in [1.82, 2.24) is 14.5 Å². The molecule has 0 amide bonds. The van der Waals surface area contributed by atoms with Crippen LogP contribution < -0.4 is 10.5 Å². The van der Waals surface area contributed by atoms with Gasteiger partial charge in [-0.2, -0.15) is 0 Å². The molecule has 2 heterocycles. The van der Waals surface area contributed by atoms with Gasteiger partial charge in [0.25, 0.3) is 5.56 Å². The Morgan fingerprint density at radius 2 is 2.15 bits per heavy atom. The van der Waals surface area contributed by atoms with Gasteiger partial charge in [-0.1, -0.05) is 6.92 Å². The van der Waals surface area contributed by atoms with Gasteiger partial charge in [-0.25, -0.2) is 4.98 Å². The van der Waals surface area contributed by atoms with Crippen molar-refractivity contribution in [3.05, 3.63) is 22.7 Å². The average molecular weight is 364 g/mol. The molecule has 1 aromatic heterocycles. The minimum atomic E-state index is -0.558. The van der Waals surface area contributed by atoms with Crippen molar-refractivity contribution in [2.45, 2.75) is 44.3 Å². The predicted octanol–water partition coefficient (Wildman–Crippen LogP) is 0.859. The van der Waals surface area contributed by atoms with Gasteiger partial charge in [-0.05, 0) is 31.6 Å². The number of anilines is 1. The van der Waals surface area contributed by atoms with Crippen LogP contribution in [0.4, 0.5) is 5.82 Å². The summed E-state index contributed by atoms with van der Waals surface area (Å²) in [6, 6.07) is 0. The van der Waals surface area contributed by atoms with E-state index in [0.717, 1.165) is 44.7 Å². The number of likely N-dealkylation sites (N-methyl/N-ethyl adjacent to an activating group) is 1. The second kappa shape index (κ2) is 8.06. The van der Waals surface area contributed by atoms with E-state index in [-0.39, 0.29) is 11.7 Å². The lowest BCUT2D eigenvalue weighted by atomic mass is 9.79. The highest BCUT2D eigenvalue weighted by Gasteiger charge is 2.35. The summed E-state index contributed by atoms with van der Waals surface area (Å²) in [6.45, 7) is 5.87. The van der Waals surface area contributed by atoms with Crippen LogP contribution in [0.3, 0.4) is 0 Å². The summed E-state index contributed by atoms with van der Waals surface area (Å²) in [6.07, 6.45) is 7.29. The first-order valence-corrected chi connectivity index (χ1v) is 9.65. The molecule has 1 aliphatic heterocycles. The van der Waals surface area contributed by atoms with Crippen LogP contribution in [0.5, 0.6) is 0 Å². The van der Waals surface area contributed by atoms with Crippen LogP contribution in [-0.2, 0) is 11.8 Å². The largest absolute Gasteiger partial charge is 0.389 e. The predicted molar refractivity (Wildman–Crippen MR) is 102 cm³/mol. The first-order chi connectivity index (χ1) is 12.4. The number of aromatic nitrogens is 2. The second-order valence-electron chi connectivity index (χ2n) is 8.18. The average Bonchev–Trinajstić information content (AvgIpc) is 2.60. The lowest BCUT2D eigenvalue weighted by molar-refractivity contribution is -0.0768. The van der Waals surface area contributed by atoms with Crippen molar-refractivity contribution in [2.24, 2.45) is 13.0 Å². The van der Waals surface area contributed by atoms with Gasteiger partial charge in [0.2, 0.25) is 0 Å². The molecule has 0 unspecified atom stereocenters. The number of nitrogens with zero attached hydrogens (tertiary/aromatic N) is 4. The Kier molecular flexibility index (Phi) is 5.99. The van der Waals surface area contributed by atoms with E-state index in [1.807, 2.05) is 11.9 Å². The summed E-state index contributed by atoms with van der Waals surface area (Å²) in [5.74, 6) is 1.16. The molecule has 0 radical (unpaired) electrons. The smallest absolute Gasteiger partial charge is 0.293 e. The van der Waals surface area contributed by atoms with Crippen molar-refractivity contribution in [3.63, 3.8) is 0 Å². The van der Waals surface area contributed by atoms with E-state index in [1.165, 1.54) is 4.57 Å². The van der Waals surface area contributed by atoms with Crippen LogP contribution >= 0.6 is 0 Å². The topological polar surface area (TPSA) is 70.8 Å². The summed E-state index contributed by atoms with van der Waals surface area (Å²) in [4.78, 5) is 20.6. The molecular weight excluding hydrogens is 332 g/mol. The summed E-state index contributed by atoms with van der Waals surface area (Å²) in [5.41, 5.74) is -0.662. The quantitative estimate of drug-likeness (QED) is 0.836. The molecule has 26 heavy (non-hydrogen) atoms. The van der Waals surface area contributed by atoms with Crippen molar-refractivity contribution < 1.29 is 9.84 Å². The number of β-amino-alcohol motifs (C(OH)–C–C–N with tert-alkyl or cyclic N) is 1. The number of aliphatic hydroxyl groups is 1. The van der Waals surface area contributed by atoms with Crippen molar-refractivity contribution in [1.29, 1.82) is 0 Å². The number of hydrogen-bond acceptors (Lipinski definition) is 6. The van der Waals surface area contributed by atoms with Gasteiger partial charge < -0.3 is 19.3 Å². The van der Waals surface area contributed by atoms with Gasteiger partial charge in [0, 0.05) is 52.7 Å². The summed E-state index contributed by atoms with van der Waals surface area (Å²) in [7, 11) is 3.61. The van der Waals surface area contributed by atoms with Gasteiger partial charge >= 0.3 is 0 Å². The fraction of sp³-hybridized carbons (Fsp3) is 0.789. The lowest BCUT2D eigenvalue weighted by Crippen LogP contribution is -2.53. The molecule has 1 aromatic rings. The number of morpholine rings is 1. The molecule has 146 valence electrons. The van der Waals surface area contributed by atoms with Crippen LogP contribution in [0.25, 0.3) is 0 Å². The highest BCUT2D eigenvalue weighted by molar-refractivity contribution is 5.34. The van der Waals surface area contributed by atoms with Crippen LogP contribution in [0.15, 0.2) is 17.2 Å². The maximum Gasteiger partial charge on any atom is 0.293 e. The maximum atomic E-state index is 12.2. The number of ether oxygens (including phenoxy) is 1. The molecule has 2 fully saturated rings. The summed E-state index contributed by atoms with van der Waals surface area (Å²) >= 11 is 0. The first kappa shape index (κ1) is 19.3. The van der Waals surface area contributed by atoms with Gasteiger partial charge in [-0.3, -0.25) is 9.69 Å². The van der Waals surface area contributed by atoms with E-state index in [2.05, 4.69) is 16.8 Å². The van der Waals surface area contributed by atoms with Crippen LogP contribution in [0.2, 0.25) is 0 Å². The minimum Gasteiger partial charge on any atom is -0.389 e. The second-order valence-corrected chi connectivity index (χ2v) is 8.18. The molecule has 1 aliphatic carbocycles. The van der Waals surface area contributed by atoms with E-state index < -0.39 is 5.60 Å². The minimum absolute atomic E-state index is 0.00609. The molecular formula is C19H32N4O3. The molecule has 1 N–H and O–H groups in total. The van der Waals surface area contributed by atoms with Crippen LogP contribution in [-0.4, -0.2) is 71.1 Å². The molecule has 0 spiro atoms. The number of aryl methyl sites for hydroxylation is 1. The van der Waals surface area contributed by atoms with Crippen molar-refractivity contribution >= 4 is 5.82 Å². The fourth-order valence-corrected chi connectivity index (χ4v) is 4.05. The third kappa shape index (κ3) is 4.64. The Balaban J connectivity index is 1.56. The van der Waals surface area contributed by atoms with E-state index in [9.17, 15) is 9.90 Å². The standard InChI is InChI=1S/C19H32N4O3/c1-15-4-6-19(25,7-5-15)14-23-10-11-26-16(13-23)12-22(3)17-18(24)21(2)9-8-20-17/h8-9,15-16,25H,4-7,10-14H2,1-3H3/t15?,16-,19?/m0/s1. The van der Waals surface area contributed by atoms with Crippen molar-refractivity contribution in [3.8, 4) is 0 Å². The zero-order valence-electron chi connectivity index (χ0n) is 16.2. The first-order valence-electron chi connectivity index (χ1n) is 9.65. The van der Waals surface area contributed by atoms with Gasteiger partial charge in [0.05, 0.1) is 18.3 Å². The van der Waals surface area contributed by atoms with E-state index >= 15 is 0 Å². The fourth-order valence-electron chi connectivity index (χ4n) is 4.05. The SMILES string of the molecule is CC1CCC(O)(CN2CCO[C@@H](CN(C)c3nccn(C)c3=O)C2)CC1. The summed E-state index contributed by atoms with van der Waals surface area (Å²) in [5, 5.41) is 10.9. The number of hydrogen-bond donors (Lipinski definition) is 1. The van der Waals surface area contributed by atoms with E-state index in [1.54, 1.807) is 19.4 Å². The van der Waals surface area contributed by atoms with Gasteiger partial charge in [0.1, 0.15) is 0 Å².